The summed E-state index contributed by atoms with van der Waals surface area (Å²) in [5.74, 6) is -0.637. The molecule has 1 aromatic heterocycles. The molecular weight excluding hydrogens is 312 g/mol. The van der Waals surface area contributed by atoms with Gasteiger partial charge >= 0.3 is 0 Å². The van der Waals surface area contributed by atoms with E-state index in [2.05, 4.69) is 10.00 Å². The van der Waals surface area contributed by atoms with Gasteiger partial charge in [0, 0.05) is 32.0 Å². The van der Waals surface area contributed by atoms with E-state index in [0.717, 1.165) is 31.5 Å². The Morgan fingerprint density at radius 2 is 1.92 bits per heavy atom. The molecule has 4 atom stereocenters. The number of benzene rings is 1. The maximum atomic E-state index is 13.4. The molecule has 2 fully saturated rings. The van der Waals surface area contributed by atoms with Crippen LogP contribution in [0.4, 0.5) is 8.78 Å². The fourth-order valence-electron chi connectivity index (χ4n) is 4.29. The van der Waals surface area contributed by atoms with Gasteiger partial charge in [-0.1, -0.05) is 6.07 Å². The maximum Gasteiger partial charge on any atom is 0.159 e. The van der Waals surface area contributed by atoms with Crippen LogP contribution in [0.3, 0.4) is 0 Å². The highest BCUT2D eigenvalue weighted by atomic mass is 19.2. The second-order valence-corrected chi connectivity index (χ2v) is 7.05. The van der Waals surface area contributed by atoms with Crippen molar-refractivity contribution in [2.24, 2.45) is 11.8 Å². The number of hydrogen-bond acceptors (Lipinski definition) is 3. The fourth-order valence-corrected chi connectivity index (χ4v) is 4.29. The summed E-state index contributed by atoms with van der Waals surface area (Å²) in [4.78, 5) is 2.28. The van der Waals surface area contributed by atoms with Crippen LogP contribution in [0, 0.1) is 23.5 Å². The zero-order valence-electron chi connectivity index (χ0n) is 13.4. The van der Waals surface area contributed by atoms with Crippen molar-refractivity contribution in [2.75, 3.05) is 13.1 Å². The first-order chi connectivity index (χ1) is 11.6. The van der Waals surface area contributed by atoms with Gasteiger partial charge in [-0.2, -0.15) is 5.10 Å². The lowest BCUT2D eigenvalue weighted by molar-refractivity contribution is 0.0306. The summed E-state index contributed by atoms with van der Waals surface area (Å²) < 4.78 is 28.3. The molecule has 1 aromatic carbocycles. The summed E-state index contributed by atoms with van der Waals surface area (Å²) in [6.45, 7) is 2.44. The first-order valence-electron chi connectivity index (χ1n) is 8.43. The summed E-state index contributed by atoms with van der Waals surface area (Å²) >= 11 is 0. The van der Waals surface area contributed by atoms with Crippen LogP contribution in [-0.2, 0) is 6.54 Å². The summed E-state index contributed by atoms with van der Waals surface area (Å²) in [7, 11) is 0. The normalized spacial score (nSPS) is 30.5. The van der Waals surface area contributed by atoms with Crippen molar-refractivity contribution in [3.05, 3.63) is 53.9 Å². The average Bonchev–Trinajstić information content (AvgIpc) is 3.19. The maximum absolute atomic E-state index is 13.4. The Balaban J connectivity index is 1.43. The molecule has 1 aliphatic carbocycles. The molecule has 0 amide bonds. The third-order valence-electron chi connectivity index (χ3n) is 5.44. The number of likely N-dealkylation sites (tertiary alicyclic amines) is 1. The van der Waals surface area contributed by atoms with Crippen LogP contribution in [0.2, 0.25) is 0 Å². The number of aliphatic hydroxyl groups is 1. The molecule has 1 N–H and O–H groups in total. The van der Waals surface area contributed by atoms with Gasteiger partial charge in [0.15, 0.2) is 11.6 Å². The van der Waals surface area contributed by atoms with Gasteiger partial charge in [0.25, 0.3) is 0 Å². The number of rotatable bonds is 3. The van der Waals surface area contributed by atoms with Crippen LogP contribution < -0.4 is 0 Å². The molecule has 1 saturated heterocycles. The lowest BCUT2D eigenvalue weighted by Gasteiger charge is -2.35. The van der Waals surface area contributed by atoms with Gasteiger partial charge in [-0.3, -0.25) is 9.58 Å². The van der Waals surface area contributed by atoms with Crippen molar-refractivity contribution in [3.8, 4) is 0 Å². The number of hydrogen-bond donors (Lipinski definition) is 1. The molecular formula is C18H21F2N3O. The van der Waals surface area contributed by atoms with Gasteiger partial charge in [-0.05, 0) is 48.4 Å². The molecule has 4 nitrogen and oxygen atoms in total. The van der Waals surface area contributed by atoms with E-state index >= 15 is 0 Å². The average molecular weight is 333 g/mol. The predicted molar refractivity (Wildman–Crippen MR) is 85.1 cm³/mol. The van der Waals surface area contributed by atoms with Gasteiger partial charge in [0.2, 0.25) is 0 Å². The van der Waals surface area contributed by atoms with Crippen LogP contribution in [-0.4, -0.2) is 39.0 Å². The molecule has 2 heterocycles. The molecule has 6 heteroatoms. The Kier molecular flexibility index (Phi) is 4.10. The van der Waals surface area contributed by atoms with Gasteiger partial charge in [-0.15, -0.1) is 0 Å². The minimum Gasteiger partial charge on any atom is -0.391 e. The molecule has 4 rings (SSSR count). The highest BCUT2D eigenvalue weighted by Gasteiger charge is 2.42. The van der Waals surface area contributed by atoms with Crippen molar-refractivity contribution in [1.29, 1.82) is 0 Å². The number of halogens is 2. The van der Waals surface area contributed by atoms with Crippen LogP contribution in [0.1, 0.15) is 24.4 Å². The van der Waals surface area contributed by atoms with Gasteiger partial charge < -0.3 is 5.11 Å². The summed E-state index contributed by atoms with van der Waals surface area (Å²) in [5, 5.41) is 14.7. The van der Waals surface area contributed by atoms with E-state index in [1.807, 2.05) is 16.9 Å². The Bertz CT molecular complexity index is 706. The molecule has 128 valence electrons. The zero-order chi connectivity index (χ0) is 16.7. The van der Waals surface area contributed by atoms with Crippen LogP contribution >= 0.6 is 0 Å². The minimum atomic E-state index is -0.806. The fraction of sp³-hybridized carbons (Fsp3) is 0.500. The van der Waals surface area contributed by atoms with Gasteiger partial charge in [0.1, 0.15) is 0 Å². The van der Waals surface area contributed by atoms with E-state index in [1.165, 1.54) is 12.1 Å². The lowest BCUT2D eigenvalue weighted by atomic mass is 9.77. The van der Waals surface area contributed by atoms with E-state index < -0.39 is 11.6 Å². The monoisotopic (exact) mass is 333 g/mol. The quantitative estimate of drug-likeness (QED) is 0.939. The molecule has 2 aliphatic rings. The van der Waals surface area contributed by atoms with Crippen LogP contribution in [0.15, 0.2) is 36.7 Å². The number of fused-ring (bicyclic) bond motifs is 1. The van der Waals surface area contributed by atoms with Crippen molar-refractivity contribution in [2.45, 2.75) is 31.5 Å². The van der Waals surface area contributed by atoms with E-state index in [4.69, 9.17) is 0 Å². The number of aliphatic hydroxyl groups excluding tert-OH is 1. The standard InChI is InChI=1S/C18H21F2N3O/c19-15-3-2-12(6-16(15)20)9-22-10-13-7-17(23-5-1-4-21-23)18(24)8-14(13)11-22/h1-6,13-14,17-18,24H,7-11H2/t13-,14+,17-,18-/m0/s1. The third-order valence-corrected chi connectivity index (χ3v) is 5.44. The molecule has 0 radical (unpaired) electrons. The van der Waals surface area contributed by atoms with Crippen molar-refractivity contribution < 1.29 is 13.9 Å². The largest absolute Gasteiger partial charge is 0.391 e. The highest BCUT2D eigenvalue weighted by Crippen LogP contribution is 2.41. The first kappa shape index (κ1) is 15.7. The number of nitrogens with zero attached hydrogens (tertiary/aromatic N) is 3. The first-order valence-corrected chi connectivity index (χ1v) is 8.43. The molecule has 0 spiro atoms. The van der Waals surface area contributed by atoms with Gasteiger partial charge in [0.05, 0.1) is 12.1 Å². The van der Waals surface area contributed by atoms with Crippen molar-refractivity contribution in [3.63, 3.8) is 0 Å². The summed E-state index contributed by atoms with van der Waals surface area (Å²) in [5.41, 5.74) is 0.789. The smallest absolute Gasteiger partial charge is 0.159 e. The Labute approximate surface area is 139 Å². The molecule has 0 bridgehead atoms. The van der Waals surface area contributed by atoms with E-state index in [1.54, 1.807) is 12.3 Å². The SMILES string of the molecule is O[C@H]1C[C@@H]2CN(Cc3ccc(F)c(F)c3)C[C@@H]2C[C@@H]1n1cccn1. The lowest BCUT2D eigenvalue weighted by Crippen LogP contribution is -2.36. The van der Waals surface area contributed by atoms with Crippen molar-refractivity contribution in [1.82, 2.24) is 14.7 Å². The Morgan fingerprint density at radius 1 is 1.12 bits per heavy atom. The molecule has 24 heavy (non-hydrogen) atoms. The third kappa shape index (κ3) is 2.96. The molecule has 1 saturated carbocycles. The van der Waals surface area contributed by atoms with Crippen LogP contribution in [0.5, 0.6) is 0 Å². The minimum absolute atomic E-state index is 0.0319. The predicted octanol–water partition coefficient (Wildman–Crippen LogP) is 2.61. The van der Waals surface area contributed by atoms with E-state index in [9.17, 15) is 13.9 Å². The second kappa shape index (κ2) is 6.26. The highest BCUT2D eigenvalue weighted by molar-refractivity contribution is 5.18. The molecule has 0 unspecified atom stereocenters. The second-order valence-electron chi connectivity index (χ2n) is 7.05. The number of aromatic nitrogens is 2. The Hall–Kier alpha value is -1.79. The van der Waals surface area contributed by atoms with E-state index in [-0.39, 0.29) is 12.1 Å². The Morgan fingerprint density at radius 3 is 2.62 bits per heavy atom. The van der Waals surface area contributed by atoms with E-state index in [0.29, 0.717) is 18.4 Å². The molecule has 1 aliphatic heterocycles. The summed E-state index contributed by atoms with van der Waals surface area (Å²) in [6.07, 6.45) is 4.94. The topological polar surface area (TPSA) is 41.3 Å². The van der Waals surface area contributed by atoms with Crippen LogP contribution in [0.25, 0.3) is 0 Å². The molecule has 2 aromatic rings. The van der Waals surface area contributed by atoms with Gasteiger partial charge in [-0.25, -0.2) is 8.78 Å². The zero-order valence-corrected chi connectivity index (χ0v) is 13.4. The van der Waals surface area contributed by atoms with Crippen molar-refractivity contribution >= 4 is 0 Å². The summed E-state index contributed by atoms with van der Waals surface area (Å²) in [6, 6.07) is 6.01.